The van der Waals surface area contributed by atoms with Gasteiger partial charge in [0.1, 0.15) is 0 Å². The largest absolute Gasteiger partial charge is 0.383 e. The zero-order valence-corrected chi connectivity index (χ0v) is 14.1. The third-order valence-corrected chi connectivity index (χ3v) is 4.99. The molecule has 0 saturated carbocycles. The molecule has 8 heteroatoms. The van der Waals surface area contributed by atoms with Gasteiger partial charge in [-0.05, 0) is 26.0 Å². The minimum atomic E-state index is -3.61. The summed E-state index contributed by atoms with van der Waals surface area (Å²) in [5, 5.41) is 0. The summed E-state index contributed by atoms with van der Waals surface area (Å²) in [5.74, 6) is -1.25. The van der Waals surface area contributed by atoms with Crippen LogP contribution in [-0.4, -0.2) is 57.2 Å². The van der Waals surface area contributed by atoms with Gasteiger partial charge in [-0.1, -0.05) is 11.6 Å². The molecule has 23 heavy (non-hydrogen) atoms. The summed E-state index contributed by atoms with van der Waals surface area (Å²) in [5.41, 5.74) is 1.52. The third kappa shape index (κ3) is 3.95. The number of rotatable bonds is 7. The second-order valence-electron chi connectivity index (χ2n) is 5.60. The number of methoxy groups -OCH3 is 1. The van der Waals surface area contributed by atoms with Crippen molar-refractivity contribution < 1.29 is 22.7 Å². The molecule has 7 nitrogen and oxygen atoms in total. The third-order valence-electron chi connectivity index (χ3n) is 3.51. The van der Waals surface area contributed by atoms with Crippen LogP contribution in [0.1, 0.15) is 33.2 Å². The Morgan fingerprint density at radius 2 is 1.87 bits per heavy atom. The number of benzene rings is 1. The van der Waals surface area contributed by atoms with Crippen molar-refractivity contribution in [3.8, 4) is 0 Å². The van der Waals surface area contributed by atoms with Crippen LogP contribution in [0.4, 0.5) is 0 Å². The van der Waals surface area contributed by atoms with Crippen molar-refractivity contribution in [2.24, 2.45) is 0 Å². The number of imide groups is 1. The highest BCUT2D eigenvalue weighted by atomic mass is 32.2. The van der Waals surface area contributed by atoms with Gasteiger partial charge in [0.25, 0.3) is 11.8 Å². The van der Waals surface area contributed by atoms with Gasteiger partial charge in [-0.2, -0.15) is 0 Å². The van der Waals surface area contributed by atoms with Crippen molar-refractivity contribution in [1.29, 1.82) is 0 Å². The van der Waals surface area contributed by atoms with Gasteiger partial charge in [-0.15, -0.1) is 0 Å². The normalized spacial score (nSPS) is 15.9. The Hall–Kier alpha value is -1.77. The Balaban J connectivity index is 2.05. The highest BCUT2D eigenvalue weighted by molar-refractivity contribution is 7.89. The fraction of sp³-hybridized carbons (Fsp3) is 0.467. The first-order valence-corrected chi connectivity index (χ1v) is 8.86. The van der Waals surface area contributed by atoms with Crippen molar-refractivity contribution in [3.05, 3.63) is 34.9 Å². The van der Waals surface area contributed by atoms with Gasteiger partial charge < -0.3 is 4.74 Å². The van der Waals surface area contributed by atoms with E-state index >= 15 is 0 Å². The average molecular weight is 340 g/mol. The van der Waals surface area contributed by atoms with Crippen molar-refractivity contribution in [3.63, 3.8) is 0 Å². The number of ether oxygens (including phenoxy) is 1. The van der Waals surface area contributed by atoms with Crippen LogP contribution < -0.4 is 4.72 Å². The summed E-state index contributed by atoms with van der Waals surface area (Å²) in [4.78, 5) is 25.5. The molecule has 1 N–H and O–H groups in total. The topological polar surface area (TPSA) is 92.8 Å². The molecule has 2 amide bonds. The van der Waals surface area contributed by atoms with Gasteiger partial charge in [0.2, 0.25) is 10.0 Å². The molecule has 0 saturated heterocycles. The molecule has 0 aromatic heterocycles. The quantitative estimate of drug-likeness (QED) is 0.732. The van der Waals surface area contributed by atoms with Crippen LogP contribution in [-0.2, 0) is 14.8 Å². The maximum absolute atomic E-state index is 12.3. The molecule has 1 unspecified atom stereocenters. The molecule has 0 aliphatic carbocycles. The summed E-state index contributed by atoms with van der Waals surface area (Å²) >= 11 is 0. The first-order valence-electron chi connectivity index (χ1n) is 7.21. The first kappa shape index (κ1) is 17.6. The summed E-state index contributed by atoms with van der Waals surface area (Å²) < 4.78 is 31.3. The lowest BCUT2D eigenvalue weighted by molar-refractivity contribution is 0.0664. The number of hydrogen-bond donors (Lipinski definition) is 1. The Bertz CT molecular complexity index is 729. The number of hydrogen-bond acceptors (Lipinski definition) is 5. The number of fused-ring (bicyclic) bond motifs is 1. The SMILES string of the molecule is COCC(C)NS(=O)(=O)CCN1C(=O)c2ccc(C)cc2C1=O. The number of carbonyl (C=O) groups excluding carboxylic acids is 2. The van der Waals surface area contributed by atoms with Crippen LogP contribution in [0.3, 0.4) is 0 Å². The molecule has 1 aliphatic rings. The lowest BCUT2D eigenvalue weighted by Gasteiger charge is -2.16. The van der Waals surface area contributed by atoms with Gasteiger partial charge in [-0.25, -0.2) is 13.1 Å². The molecule has 1 atom stereocenters. The van der Waals surface area contributed by atoms with E-state index in [0.29, 0.717) is 11.1 Å². The minimum absolute atomic E-state index is 0.180. The molecular formula is C15H20N2O5S. The van der Waals surface area contributed by atoms with Crippen LogP contribution >= 0.6 is 0 Å². The monoisotopic (exact) mass is 340 g/mol. The Morgan fingerprint density at radius 1 is 1.22 bits per heavy atom. The molecule has 1 aliphatic heterocycles. The van der Waals surface area contributed by atoms with E-state index in [1.807, 2.05) is 6.92 Å². The van der Waals surface area contributed by atoms with E-state index in [4.69, 9.17) is 4.74 Å². The second kappa shape index (κ2) is 6.77. The molecule has 2 rings (SSSR count). The maximum atomic E-state index is 12.3. The van der Waals surface area contributed by atoms with Gasteiger partial charge in [-0.3, -0.25) is 14.5 Å². The highest BCUT2D eigenvalue weighted by Crippen LogP contribution is 2.23. The number of sulfonamides is 1. The Labute approximate surface area is 135 Å². The predicted molar refractivity (Wildman–Crippen MR) is 84.8 cm³/mol. The molecule has 1 aromatic rings. The smallest absolute Gasteiger partial charge is 0.261 e. The fourth-order valence-corrected chi connectivity index (χ4v) is 3.69. The van der Waals surface area contributed by atoms with Crippen LogP contribution in [0.15, 0.2) is 18.2 Å². The van der Waals surface area contributed by atoms with Crippen molar-refractivity contribution >= 4 is 21.8 Å². The number of amides is 2. The Kier molecular flexibility index (Phi) is 5.18. The van der Waals surface area contributed by atoms with Crippen molar-refractivity contribution in [1.82, 2.24) is 9.62 Å². The highest BCUT2D eigenvalue weighted by Gasteiger charge is 2.36. The van der Waals surface area contributed by atoms with Crippen LogP contribution in [0, 0.1) is 6.92 Å². The Morgan fingerprint density at radius 3 is 2.52 bits per heavy atom. The van der Waals surface area contributed by atoms with E-state index in [-0.39, 0.29) is 24.9 Å². The lowest BCUT2D eigenvalue weighted by Crippen LogP contribution is -2.41. The standard InChI is InChI=1S/C15H20N2O5S/c1-10-4-5-12-13(8-10)15(19)17(14(12)18)6-7-23(20,21)16-11(2)9-22-3/h4-5,8,11,16H,6-7,9H2,1-3H3. The minimum Gasteiger partial charge on any atom is -0.383 e. The molecule has 1 aromatic carbocycles. The van der Waals surface area contributed by atoms with E-state index in [0.717, 1.165) is 10.5 Å². The van der Waals surface area contributed by atoms with Crippen molar-refractivity contribution in [2.75, 3.05) is 26.0 Å². The predicted octanol–water partition coefficient (Wildman–Crippen LogP) is 0.545. The van der Waals surface area contributed by atoms with E-state index in [1.165, 1.54) is 7.11 Å². The molecule has 0 spiro atoms. The average Bonchev–Trinajstić information content (AvgIpc) is 2.68. The molecular weight excluding hydrogens is 320 g/mol. The maximum Gasteiger partial charge on any atom is 0.261 e. The number of nitrogens with zero attached hydrogens (tertiary/aromatic N) is 1. The van der Waals surface area contributed by atoms with Crippen molar-refractivity contribution in [2.45, 2.75) is 19.9 Å². The number of aryl methyl sites for hydroxylation is 1. The summed E-state index contributed by atoms with van der Waals surface area (Å²) in [6.07, 6.45) is 0. The van der Waals surface area contributed by atoms with Crippen LogP contribution in [0.2, 0.25) is 0 Å². The van der Waals surface area contributed by atoms with Gasteiger partial charge in [0, 0.05) is 19.7 Å². The zero-order chi connectivity index (χ0) is 17.2. The zero-order valence-electron chi connectivity index (χ0n) is 13.3. The van der Waals surface area contributed by atoms with E-state index in [1.54, 1.807) is 25.1 Å². The summed E-state index contributed by atoms with van der Waals surface area (Å²) in [6.45, 7) is 3.56. The summed E-state index contributed by atoms with van der Waals surface area (Å²) in [7, 11) is -2.13. The van der Waals surface area contributed by atoms with E-state index in [9.17, 15) is 18.0 Å². The van der Waals surface area contributed by atoms with Crippen LogP contribution in [0.5, 0.6) is 0 Å². The number of nitrogens with one attached hydrogen (secondary N) is 1. The molecule has 0 bridgehead atoms. The summed E-state index contributed by atoms with van der Waals surface area (Å²) in [6, 6.07) is 4.61. The van der Waals surface area contributed by atoms with Gasteiger partial charge in [0.05, 0.1) is 23.5 Å². The van der Waals surface area contributed by atoms with Crippen LogP contribution in [0.25, 0.3) is 0 Å². The van der Waals surface area contributed by atoms with Gasteiger partial charge >= 0.3 is 0 Å². The molecule has 126 valence electrons. The first-order chi connectivity index (χ1) is 10.7. The number of carbonyl (C=O) groups is 2. The van der Waals surface area contributed by atoms with E-state index < -0.39 is 21.8 Å². The van der Waals surface area contributed by atoms with E-state index in [2.05, 4.69) is 4.72 Å². The lowest BCUT2D eigenvalue weighted by atomic mass is 10.1. The molecule has 0 fully saturated rings. The van der Waals surface area contributed by atoms with Gasteiger partial charge in [0.15, 0.2) is 0 Å². The second-order valence-corrected chi connectivity index (χ2v) is 7.48. The fourth-order valence-electron chi connectivity index (χ4n) is 2.47. The molecule has 0 radical (unpaired) electrons. The molecule has 1 heterocycles.